The molecule has 1 aliphatic heterocycles. The molecule has 1 aliphatic carbocycles. The SMILES string of the molecule is CS(=O)(=O)N1CCOCC1(C(N)=O)c1sc2c(c1C(=O)Nc1ccc(Cl)cc1)CCC2. The molecule has 1 fully saturated rings. The van der Waals surface area contributed by atoms with Crippen LogP contribution in [0.2, 0.25) is 5.02 Å². The number of hydrogen-bond acceptors (Lipinski definition) is 6. The second-order valence-corrected chi connectivity index (χ2v) is 11.1. The molecule has 0 spiro atoms. The van der Waals surface area contributed by atoms with Crippen LogP contribution in [0.4, 0.5) is 5.69 Å². The van der Waals surface area contributed by atoms with Crippen molar-refractivity contribution in [3.8, 4) is 0 Å². The van der Waals surface area contributed by atoms with Gasteiger partial charge in [-0.2, -0.15) is 4.31 Å². The first-order valence-corrected chi connectivity index (χ1v) is 12.8. The molecule has 31 heavy (non-hydrogen) atoms. The number of nitrogens with zero attached hydrogens (tertiary/aromatic N) is 1. The molecule has 166 valence electrons. The molecule has 2 aliphatic rings. The second-order valence-electron chi connectivity index (χ2n) is 7.63. The number of primary amides is 1. The Bertz CT molecular complexity index is 1150. The Labute approximate surface area is 189 Å². The zero-order valence-corrected chi connectivity index (χ0v) is 19.2. The Morgan fingerprint density at radius 1 is 1.26 bits per heavy atom. The molecule has 4 rings (SSSR count). The van der Waals surface area contributed by atoms with Crippen LogP contribution in [0.3, 0.4) is 0 Å². The van der Waals surface area contributed by atoms with Crippen molar-refractivity contribution in [3.63, 3.8) is 0 Å². The highest BCUT2D eigenvalue weighted by molar-refractivity contribution is 7.88. The van der Waals surface area contributed by atoms with Crippen LogP contribution >= 0.6 is 22.9 Å². The van der Waals surface area contributed by atoms with Gasteiger partial charge in [0.15, 0.2) is 5.54 Å². The highest BCUT2D eigenvalue weighted by atomic mass is 35.5. The number of sulfonamides is 1. The molecule has 0 radical (unpaired) electrons. The quantitative estimate of drug-likeness (QED) is 0.675. The number of nitrogens with two attached hydrogens (primary N) is 1. The van der Waals surface area contributed by atoms with Crippen molar-refractivity contribution >= 4 is 50.5 Å². The minimum absolute atomic E-state index is 0.0252. The van der Waals surface area contributed by atoms with Gasteiger partial charge in [0.1, 0.15) is 0 Å². The largest absolute Gasteiger partial charge is 0.377 e. The number of ether oxygens (including phenoxy) is 1. The van der Waals surface area contributed by atoms with E-state index in [9.17, 15) is 18.0 Å². The lowest BCUT2D eigenvalue weighted by molar-refractivity contribution is -0.136. The van der Waals surface area contributed by atoms with Crippen LogP contribution in [0, 0.1) is 0 Å². The number of nitrogens with one attached hydrogen (secondary N) is 1. The van der Waals surface area contributed by atoms with Crippen LogP contribution in [0.15, 0.2) is 24.3 Å². The highest BCUT2D eigenvalue weighted by Gasteiger charge is 2.54. The molecule has 3 N–H and O–H groups in total. The maximum Gasteiger partial charge on any atom is 0.257 e. The van der Waals surface area contributed by atoms with E-state index in [2.05, 4.69) is 5.32 Å². The van der Waals surface area contributed by atoms with Gasteiger partial charge in [-0.05, 0) is 49.1 Å². The molecule has 1 saturated heterocycles. The van der Waals surface area contributed by atoms with E-state index in [1.807, 2.05) is 0 Å². The Kier molecular flexibility index (Phi) is 5.86. The number of benzene rings is 1. The van der Waals surface area contributed by atoms with Gasteiger partial charge in [-0.1, -0.05) is 11.6 Å². The van der Waals surface area contributed by atoms with E-state index in [0.717, 1.165) is 33.8 Å². The van der Waals surface area contributed by atoms with Gasteiger partial charge in [0.05, 0.1) is 29.9 Å². The van der Waals surface area contributed by atoms with Crippen molar-refractivity contribution in [2.24, 2.45) is 5.73 Å². The first-order chi connectivity index (χ1) is 14.6. The average molecular weight is 484 g/mol. The predicted molar refractivity (Wildman–Crippen MR) is 119 cm³/mol. The van der Waals surface area contributed by atoms with Gasteiger partial charge in [-0.25, -0.2) is 8.42 Å². The molecule has 2 amide bonds. The summed E-state index contributed by atoms with van der Waals surface area (Å²) in [6, 6.07) is 6.65. The van der Waals surface area contributed by atoms with Gasteiger partial charge >= 0.3 is 0 Å². The number of halogens is 1. The van der Waals surface area contributed by atoms with E-state index in [4.69, 9.17) is 22.1 Å². The lowest BCUT2D eigenvalue weighted by Crippen LogP contribution is -2.63. The highest BCUT2D eigenvalue weighted by Crippen LogP contribution is 2.45. The van der Waals surface area contributed by atoms with E-state index in [0.29, 0.717) is 27.6 Å². The number of carbonyl (C=O) groups is 2. The predicted octanol–water partition coefficient (Wildman–Crippen LogP) is 2.11. The third-order valence-electron chi connectivity index (χ3n) is 5.61. The van der Waals surface area contributed by atoms with Crippen LogP contribution in [-0.2, 0) is 37.9 Å². The monoisotopic (exact) mass is 483 g/mol. The van der Waals surface area contributed by atoms with Crippen LogP contribution in [0.5, 0.6) is 0 Å². The smallest absolute Gasteiger partial charge is 0.257 e. The standard InChI is InChI=1S/C20H22ClN3O5S2/c1-31(27,28)24-9-10-29-11-20(24,19(22)26)17-16(14-3-2-4-15(14)30-17)18(25)23-13-7-5-12(21)6-8-13/h5-8H,2-4,9-11H2,1H3,(H2,22,26)(H,23,25). The molecular formula is C20H22ClN3O5S2. The number of fused-ring (bicyclic) bond motifs is 1. The summed E-state index contributed by atoms with van der Waals surface area (Å²) >= 11 is 7.20. The number of aryl methyl sites for hydroxylation is 1. The number of anilines is 1. The van der Waals surface area contributed by atoms with E-state index in [1.165, 1.54) is 11.3 Å². The summed E-state index contributed by atoms with van der Waals surface area (Å²) in [7, 11) is -3.81. The van der Waals surface area contributed by atoms with Gasteiger partial charge in [0.2, 0.25) is 15.9 Å². The first-order valence-electron chi connectivity index (χ1n) is 9.72. The molecule has 0 bridgehead atoms. The van der Waals surface area contributed by atoms with Gasteiger partial charge in [-0.3, -0.25) is 9.59 Å². The van der Waals surface area contributed by atoms with Crippen molar-refractivity contribution in [3.05, 3.63) is 50.2 Å². The lowest BCUT2D eigenvalue weighted by atomic mass is 9.91. The van der Waals surface area contributed by atoms with Gasteiger partial charge in [-0.15, -0.1) is 11.3 Å². The fourth-order valence-electron chi connectivity index (χ4n) is 4.23. The molecule has 1 unspecified atom stereocenters. The summed E-state index contributed by atoms with van der Waals surface area (Å²) in [6.07, 6.45) is 3.35. The Morgan fingerprint density at radius 2 is 1.97 bits per heavy atom. The number of morpholine rings is 1. The Morgan fingerprint density at radius 3 is 2.61 bits per heavy atom. The zero-order chi connectivity index (χ0) is 22.4. The Balaban J connectivity index is 1.87. The summed E-state index contributed by atoms with van der Waals surface area (Å²) in [6.45, 7) is -0.127. The van der Waals surface area contributed by atoms with E-state index < -0.39 is 27.4 Å². The molecule has 11 heteroatoms. The number of thiophene rings is 1. The maximum absolute atomic E-state index is 13.4. The van der Waals surface area contributed by atoms with Crippen molar-refractivity contribution in [1.29, 1.82) is 0 Å². The van der Waals surface area contributed by atoms with Crippen LogP contribution < -0.4 is 11.1 Å². The molecule has 2 aromatic rings. The number of rotatable bonds is 5. The summed E-state index contributed by atoms with van der Waals surface area (Å²) in [5, 5.41) is 3.37. The first kappa shape index (κ1) is 22.2. The topological polar surface area (TPSA) is 119 Å². The van der Waals surface area contributed by atoms with E-state index in [1.54, 1.807) is 24.3 Å². The Hall–Kier alpha value is -1.98. The van der Waals surface area contributed by atoms with Gasteiger partial charge < -0.3 is 15.8 Å². The van der Waals surface area contributed by atoms with Gasteiger partial charge in [0, 0.05) is 22.1 Å². The molecule has 1 atom stereocenters. The van der Waals surface area contributed by atoms with E-state index >= 15 is 0 Å². The maximum atomic E-state index is 13.4. The van der Waals surface area contributed by atoms with Crippen LogP contribution in [0.25, 0.3) is 0 Å². The third-order valence-corrected chi connectivity index (χ3v) is 8.60. The molecule has 1 aromatic carbocycles. The van der Waals surface area contributed by atoms with Crippen LogP contribution in [0.1, 0.15) is 32.1 Å². The summed E-state index contributed by atoms with van der Waals surface area (Å²) < 4.78 is 31.8. The van der Waals surface area contributed by atoms with Crippen molar-refractivity contribution in [2.45, 2.75) is 24.8 Å². The number of hydrogen-bond donors (Lipinski definition) is 2. The van der Waals surface area contributed by atoms with Gasteiger partial charge in [0.25, 0.3) is 5.91 Å². The lowest BCUT2D eigenvalue weighted by Gasteiger charge is -2.42. The minimum Gasteiger partial charge on any atom is -0.377 e. The number of carbonyl (C=O) groups excluding carboxylic acids is 2. The van der Waals surface area contributed by atoms with Crippen LogP contribution in [-0.4, -0.2) is 50.6 Å². The summed E-state index contributed by atoms with van der Waals surface area (Å²) in [4.78, 5) is 27.5. The third kappa shape index (κ3) is 3.87. The second kappa shape index (κ2) is 8.18. The summed E-state index contributed by atoms with van der Waals surface area (Å²) in [5.41, 5.74) is 5.73. The fourth-order valence-corrected chi connectivity index (χ4v) is 7.19. The average Bonchev–Trinajstić information content (AvgIpc) is 3.30. The normalized spacial score (nSPS) is 21.6. The van der Waals surface area contributed by atoms with Crippen molar-refractivity contribution in [2.75, 3.05) is 31.3 Å². The van der Waals surface area contributed by atoms with E-state index in [-0.39, 0.29) is 19.8 Å². The molecule has 2 heterocycles. The molecule has 1 aromatic heterocycles. The fraction of sp³-hybridized carbons (Fsp3) is 0.400. The molecule has 0 saturated carbocycles. The van der Waals surface area contributed by atoms with Crippen molar-refractivity contribution < 1.29 is 22.7 Å². The zero-order valence-electron chi connectivity index (χ0n) is 16.8. The molecule has 8 nitrogen and oxygen atoms in total. The summed E-state index contributed by atoms with van der Waals surface area (Å²) in [5.74, 6) is -1.28. The number of amides is 2. The van der Waals surface area contributed by atoms with Crippen molar-refractivity contribution in [1.82, 2.24) is 4.31 Å². The molecular weight excluding hydrogens is 462 g/mol. The minimum atomic E-state index is -3.81.